The van der Waals surface area contributed by atoms with Gasteiger partial charge in [0.1, 0.15) is 5.82 Å². The average molecular weight is 342 g/mol. The molecule has 0 aliphatic heterocycles. The Morgan fingerprint density at radius 2 is 2.05 bits per heavy atom. The maximum atomic E-state index is 6.03. The van der Waals surface area contributed by atoms with Crippen molar-refractivity contribution < 1.29 is 0 Å². The van der Waals surface area contributed by atoms with Crippen LogP contribution < -0.4 is 0 Å². The Bertz CT molecular complexity index is 638. The third kappa shape index (κ3) is 4.02. The van der Waals surface area contributed by atoms with Crippen LogP contribution in [-0.4, -0.2) is 14.8 Å². The molecule has 21 heavy (non-hydrogen) atoms. The molecule has 0 aliphatic carbocycles. The predicted octanol–water partition coefficient (Wildman–Crippen LogP) is 5.19. The smallest absolute Gasteiger partial charge is 0.191 e. The minimum atomic E-state index is 0.330. The monoisotopic (exact) mass is 341 g/mol. The van der Waals surface area contributed by atoms with Crippen LogP contribution in [0.2, 0.25) is 10.0 Å². The van der Waals surface area contributed by atoms with Crippen LogP contribution in [0.5, 0.6) is 0 Å². The van der Waals surface area contributed by atoms with E-state index in [1.165, 1.54) is 0 Å². The van der Waals surface area contributed by atoms with E-state index in [0.29, 0.717) is 22.5 Å². The fourth-order valence-electron chi connectivity index (χ4n) is 1.91. The van der Waals surface area contributed by atoms with Gasteiger partial charge in [-0.15, -0.1) is 16.8 Å². The van der Waals surface area contributed by atoms with Crippen LogP contribution in [0.25, 0.3) is 0 Å². The molecule has 0 saturated carbocycles. The molecule has 0 saturated heterocycles. The molecule has 0 aliphatic rings. The fraction of sp³-hybridized carbons (Fsp3) is 0.333. The fourth-order valence-corrected chi connectivity index (χ4v) is 3.13. The van der Waals surface area contributed by atoms with E-state index in [-0.39, 0.29) is 0 Å². The lowest BCUT2D eigenvalue weighted by molar-refractivity contribution is 0.641. The van der Waals surface area contributed by atoms with Crippen LogP contribution >= 0.6 is 35.0 Å². The molecule has 3 nitrogen and oxygen atoms in total. The lowest BCUT2D eigenvalue weighted by Crippen LogP contribution is -2.05. The predicted molar refractivity (Wildman–Crippen MR) is 90.3 cm³/mol. The Balaban J connectivity index is 2.15. The van der Waals surface area contributed by atoms with Crippen molar-refractivity contribution in [3.05, 3.63) is 52.3 Å². The van der Waals surface area contributed by atoms with Gasteiger partial charge < -0.3 is 4.57 Å². The van der Waals surface area contributed by atoms with Gasteiger partial charge in [0.25, 0.3) is 0 Å². The first kappa shape index (κ1) is 16.4. The van der Waals surface area contributed by atoms with Crippen molar-refractivity contribution in [2.75, 3.05) is 0 Å². The zero-order chi connectivity index (χ0) is 15.4. The molecule has 2 rings (SSSR count). The minimum Gasteiger partial charge on any atom is -0.302 e. The summed E-state index contributed by atoms with van der Waals surface area (Å²) < 4.78 is 2.10. The van der Waals surface area contributed by atoms with E-state index in [1.54, 1.807) is 11.8 Å². The lowest BCUT2D eigenvalue weighted by atomic mass is 10.2. The number of allylic oxidation sites excluding steroid dienone is 1. The van der Waals surface area contributed by atoms with Gasteiger partial charge in [0.05, 0.1) is 10.0 Å². The van der Waals surface area contributed by atoms with Crippen LogP contribution in [0, 0.1) is 0 Å². The second kappa shape index (κ2) is 7.34. The Labute approximate surface area is 139 Å². The number of hydrogen-bond donors (Lipinski definition) is 0. The zero-order valence-corrected chi connectivity index (χ0v) is 14.3. The summed E-state index contributed by atoms with van der Waals surface area (Å²) in [6.07, 6.45) is 1.86. The van der Waals surface area contributed by atoms with E-state index >= 15 is 0 Å². The maximum Gasteiger partial charge on any atom is 0.191 e. The van der Waals surface area contributed by atoms with Crippen molar-refractivity contribution >= 4 is 35.0 Å². The molecule has 0 spiro atoms. The van der Waals surface area contributed by atoms with Crippen molar-refractivity contribution in [2.45, 2.75) is 37.2 Å². The number of aromatic nitrogens is 3. The van der Waals surface area contributed by atoms with Gasteiger partial charge in [-0.25, -0.2) is 0 Å². The maximum absolute atomic E-state index is 6.03. The quantitative estimate of drug-likeness (QED) is 0.535. The first-order chi connectivity index (χ1) is 10.0. The molecule has 2 aromatic rings. The van der Waals surface area contributed by atoms with E-state index in [1.807, 2.05) is 24.3 Å². The average Bonchev–Trinajstić information content (AvgIpc) is 2.84. The molecule has 1 aromatic heterocycles. The Morgan fingerprint density at radius 1 is 1.29 bits per heavy atom. The van der Waals surface area contributed by atoms with Crippen molar-refractivity contribution in [1.82, 2.24) is 14.8 Å². The number of nitrogens with zero attached hydrogens (tertiary/aromatic N) is 3. The van der Waals surface area contributed by atoms with E-state index in [2.05, 4.69) is 35.2 Å². The van der Waals surface area contributed by atoms with Gasteiger partial charge in [-0.1, -0.05) is 61.0 Å². The molecule has 0 fully saturated rings. The van der Waals surface area contributed by atoms with Gasteiger partial charge in [-0.05, 0) is 17.7 Å². The largest absolute Gasteiger partial charge is 0.302 e. The summed E-state index contributed by atoms with van der Waals surface area (Å²) in [7, 11) is 0. The van der Waals surface area contributed by atoms with Crippen LogP contribution in [0.3, 0.4) is 0 Å². The molecule has 0 bridgehead atoms. The highest BCUT2D eigenvalue weighted by atomic mass is 35.5. The summed E-state index contributed by atoms with van der Waals surface area (Å²) in [5, 5.41) is 10.6. The molecule has 0 unspecified atom stereocenters. The normalized spacial score (nSPS) is 11.1. The highest BCUT2D eigenvalue weighted by molar-refractivity contribution is 7.98. The van der Waals surface area contributed by atoms with E-state index < -0.39 is 0 Å². The zero-order valence-electron chi connectivity index (χ0n) is 12.0. The molecular formula is C15H17Cl2N3S. The van der Waals surface area contributed by atoms with Gasteiger partial charge in [-0.3, -0.25) is 0 Å². The van der Waals surface area contributed by atoms with Gasteiger partial charge in [0.2, 0.25) is 0 Å². The summed E-state index contributed by atoms with van der Waals surface area (Å²) in [6, 6.07) is 5.67. The molecule has 0 amide bonds. The molecule has 1 heterocycles. The Hall–Kier alpha value is -0.970. The summed E-state index contributed by atoms with van der Waals surface area (Å²) in [6.45, 7) is 8.73. The highest BCUT2D eigenvalue weighted by Crippen LogP contribution is 2.28. The second-order valence-corrected chi connectivity index (χ2v) is 6.69. The Morgan fingerprint density at radius 3 is 2.67 bits per heavy atom. The Kier molecular flexibility index (Phi) is 5.73. The van der Waals surface area contributed by atoms with Gasteiger partial charge in [0, 0.05) is 18.2 Å². The topological polar surface area (TPSA) is 30.7 Å². The molecule has 112 valence electrons. The molecule has 0 N–H and O–H groups in total. The van der Waals surface area contributed by atoms with Gasteiger partial charge in [0.15, 0.2) is 5.16 Å². The standard InChI is InChI=1S/C15H17Cl2N3S/c1-4-7-20-14(10(2)3)18-19-15(20)21-9-11-5-6-12(16)13(17)8-11/h4-6,8,10H,1,7,9H2,2-3H3. The lowest BCUT2D eigenvalue weighted by Gasteiger charge is -2.09. The van der Waals surface area contributed by atoms with Crippen molar-refractivity contribution in [3.8, 4) is 0 Å². The summed E-state index contributed by atoms with van der Waals surface area (Å²) in [5.74, 6) is 2.08. The third-order valence-electron chi connectivity index (χ3n) is 2.93. The van der Waals surface area contributed by atoms with Crippen molar-refractivity contribution in [2.24, 2.45) is 0 Å². The molecular weight excluding hydrogens is 325 g/mol. The molecule has 0 atom stereocenters. The first-order valence-electron chi connectivity index (χ1n) is 6.63. The van der Waals surface area contributed by atoms with Crippen LogP contribution in [0.1, 0.15) is 31.2 Å². The molecule has 6 heteroatoms. The number of halogens is 2. The summed E-state index contributed by atoms with van der Waals surface area (Å²) >= 11 is 13.6. The number of benzene rings is 1. The van der Waals surface area contributed by atoms with Gasteiger partial charge >= 0.3 is 0 Å². The third-order valence-corrected chi connectivity index (χ3v) is 4.70. The second-order valence-electron chi connectivity index (χ2n) is 4.93. The van der Waals surface area contributed by atoms with Crippen LogP contribution in [-0.2, 0) is 12.3 Å². The molecule has 0 radical (unpaired) electrons. The highest BCUT2D eigenvalue weighted by Gasteiger charge is 2.14. The van der Waals surface area contributed by atoms with E-state index in [0.717, 1.165) is 22.3 Å². The summed E-state index contributed by atoms with van der Waals surface area (Å²) in [5.41, 5.74) is 1.11. The number of hydrogen-bond acceptors (Lipinski definition) is 3. The van der Waals surface area contributed by atoms with E-state index in [4.69, 9.17) is 23.2 Å². The number of rotatable bonds is 6. The van der Waals surface area contributed by atoms with Crippen molar-refractivity contribution in [1.29, 1.82) is 0 Å². The van der Waals surface area contributed by atoms with Crippen LogP contribution in [0.15, 0.2) is 36.0 Å². The minimum absolute atomic E-state index is 0.330. The van der Waals surface area contributed by atoms with Crippen LogP contribution in [0.4, 0.5) is 0 Å². The SMILES string of the molecule is C=CCn1c(SCc2ccc(Cl)c(Cl)c2)nnc1C(C)C. The van der Waals surface area contributed by atoms with E-state index in [9.17, 15) is 0 Å². The number of thioether (sulfide) groups is 1. The van der Waals surface area contributed by atoms with Gasteiger partial charge in [-0.2, -0.15) is 0 Å². The first-order valence-corrected chi connectivity index (χ1v) is 8.37. The summed E-state index contributed by atoms with van der Waals surface area (Å²) in [4.78, 5) is 0. The van der Waals surface area contributed by atoms with Crippen molar-refractivity contribution in [3.63, 3.8) is 0 Å². The molecule has 1 aromatic carbocycles.